The third-order valence-electron chi connectivity index (χ3n) is 4.65. The summed E-state index contributed by atoms with van der Waals surface area (Å²) in [5, 5.41) is 9.71. The van der Waals surface area contributed by atoms with Crippen molar-refractivity contribution in [3.05, 3.63) is 29.8 Å². The lowest BCUT2D eigenvalue weighted by Crippen LogP contribution is -2.54. The van der Waals surface area contributed by atoms with Gasteiger partial charge in [0.2, 0.25) is 0 Å². The molecule has 104 valence electrons. The summed E-state index contributed by atoms with van der Waals surface area (Å²) >= 11 is 0. The zero-order valence-corrected chi connectivity index (χ0v) is 11.7. The number of hydrogen-bond acceptors (Lipinski definition) is 3. The molecule has 1 aliphatic heterocycles. The van der Waals surface area contributed by atoms with E-state index in [0.29, 0.717) is 0 Å². The Kier molecular flexibility index (Phi) is 3.06. The Labute approximate surface area is 114 Å². The predicted octanol–water partition coefficient (Wildman–Crippen LogP) is 2.51. The van der Waals surface area contributed by atoms with Crippen LogP contribution in [0.25, 0.3) is 0 Å². The van der Waals surface area contributed by atoms with Gasteiger partial charge in [-0.3, -0.25) is 0 Å². The molecule has 0 amide bonds. The summed E-state index contributed by atoms with van der Waals surface area (Å²) in [5.41, 5.74) is 1.37. The fourth-order valence-electron chi connectivity index (χ4n) is 3.15. The van der Waals surface area contributed by atoms with Crippen molar-refractivity contribution in [3.8, 4) is 5.75 Å². The van der Waals surface area contributed by atoms with Crippen LogP contribution < -0.4 is 4.74 Å². The quantitative estimate of drug-likeness (QED) is 0.886. The van der Waals surface area contributed by atoms with E-state index >= 15 is 0 Å². The van der Waals surface area contributed by atoms with Crippen LogP contribution in [-0.4, -0.2) is 31.0 Å². The SMILES string of the molecule is CC(C)Oc1ccc(C2(C3(CO)CC3)COC2)cc1. The number of rotatable bonds is 5. The molecular formula is C16H22O3. The molecule has 1 N–H and O–H groups in total. The predicted molar refractivity (Wildman–Crippen MR) is 73.5 cm³/mol. The molecule has 0 aromatic heterocycles. The summed E-state index contributed by atoms with van der Waals surface area (Å²) in [7, 11) is 0. The highest BCUT2D eigenvalue weighted by atomic mass is 16.5. The molecule has 3 rings (SSSR count). The molecule has 2 fully saturated rings. The maximum Gasteiger partial charge on any atom is 0.119 e. The van der Waals surface area contributed by atoms with Gasteiger partial charge in [0.05, 0.1) is 19.3 Å². The Morgan fingerprint density at radius 3 is 2.21 bits per heavy atom. The normalized spacial score (nSPS) is 22.9. The average molecular weight is 262 g/mol. The molecule has 19 heavy (non-hydrogen) atoms. The van der Waals surface area contributed by atoms with Crippen LogP contribution in [0.1, 0.15) is 32.3 Å². The van der Waals surface area contributed by atoms with Crippen molar-refractivity contribution >= 4 is 0 Å². The van der Waals surface area contributed by atoms with Crippen LogP contribution in [0, 0.1) is 5.41 Å². The van der Waals surface area contributed by atoms with E-state index in [-0.39, 0.29) is 23.5 Å². The van der Waals surface area contributed by atoms with E-state index in [0.717, 1.165) is 31.8 Å². The molecule has 0 radical (unpaired) electrons. The van der Waals surface area contributed by atoms with Crippen LogP contribution in [0.2, 0.25) is 0 Å². The summed E-state index contributed by atoms with van der Waals surface area (Å²) < 4.78 is 11.2. The van der Waals surface area contributed by atoms with E-state index in [2.05, 4.69) is 12.1 Å². The average Bonchev–Trinajstić information content (AvgIpc) is 3.10. The molecule has 0 bridgehead atoms. The summed E-state index contributed by atoms with van der Waals surface area (Å²) in [4.78, 5) is 0. The van der Waals surface area contributed by atoms with Gasteiger partial charge in [0.25, 0.3) is 0 Å². The molecule has 2 aliphatic rings. The Morgan fingerprint density at radius 1 is 1.21 bits per heavy atom. The standard InChI is InChI=1S/C16H22O3/c1-12(2)19-14-5-3-13(4-6-14)16(10-18-11-16)15(9-17)7-8-15/h3-6,12,17H,7-11H2,1-2H3. The van der Waals surface area contributed by atoms with Crippen molar-refractivity contribution in [3.63, 3.8) is 0 Å². The van der Waals surface area contributed by atoms with Gasteiger partial charge < -0.3 is 14.6 Å². The maximum atomic E-state index is 9.71. The van der Waals surface area contributed by atoms with Gasteiger partial charge >= 0.3 is 0 Å². The van der Waals surface area contributed by atoms with Crippen molar-refractivity contribution < 1.29 is 14.6 Å². The van der Waals surface area contributed by atoms with Crippen LogP contribution in [0.4, 0.5) is 0 Å². The van der Waals surface area contributed by atoms with Gasteiger partial charge in [-0.1, -0.05) is 12.1 Å². The van der Waals surface area contributed by atoms with E-state index in [1.165, 1.54) is 5.56 Å². The smallest absolute Gasteiger partial charge is 0.119 e. The monoisotopic (exact) mass is 262 g/mol. The van der Waals surface area contributed by atoms with Gasteiger partial charge in [0.15, 0.2) is 0 Å². The largest absolute Gasteiger partial charge is 0.491 e. The zero-order chi connectivity index (χ0) is 13.5. The van der Waals surface area contributed by atoms with Gasteiger partial charge in [-0.05, 0) is 44.4 Å². The highest BCUT2D eigenvalue weighted by molar-refractivity contribution is 5.38. The van der Waals surface area contributed by atoms with E-state index < -0.39 is 0 Å². The first-order valence-electron chi connectivity index (χ1n) is 7.08. The molecule has 0 atom stereocenters. The van der Waals surface area contributed by atoms with Gasteiger partial charge in [0.1, 0.15) is 5.75 Å². The Bertz CT molecular complexity index is 442. The van der Waals surface area contributed by atoms with E-state index in [1.54, 1.807) is 0 Å². The van der Waals surface area contributed by atoms with Crippen molar-refractivity contribution in [2.24, 2.45) is 5.41 Å². The number of ether oxygens (including phenoxy) is 2. The van der Waals surface area contributed by atoms with E-state index in [4.69, 9.17) is 9.47 Å². The first kappa shape index (κ1) is 12.9. The van der Waals surface area contributed by atoms with E-state index in [1.807, 2.05) is 26.0 Å². The van der Waals surface area contributed by atoms with Gasteiger partial charge in [0, 0.05) is 17.4 Å². The third-order valence-corrected chi connectivity index (χ3v) is 4.65. The summed E-state index contributed by atoms with van der Waals surface area (Å²) in [6, 6.07) is 8.33. The third kappa shape index (κ3) is 1.96. The second-order valence-electron chi connectivity index (χ2n) is 6.20. The summed E-state index contributed by atoms with van der Waals surface area (Å²) in [6.45, 7) is 5.79. The zero-order valence-electron chi connectivity index (χ0n) is 11.7. The van der Waals surface area contributed by atoms with Crippen LogP contribution in [-0.2, 0) is 10.2 Å². The van der Waals surface area contributed by atoms with Crippen LogP contribution in [0.15, 0.2) is 24.3 Å². The molecule has 1 saturated heterocycles. The highest BCUT2D eigenvalue weighted by Crippen LogP contribution is 2.62. The Balaban J connectivity index is 1.85. The molecule has 1 saturated carbocycles. The van der Waals surface area contributed by atoms with Crippen molar-refractivity contribution in [1.29, 1.82) is 0 Å². The summed E-state index contributed by atoms with van der Waals surface area (Å²) in [6.07, 6.45) is 2.41. The Morgan fingerprint density at radius 2 is 1.84 bits per heavy atom. The van der Waals surface area contributed by atoms with E-state index in [9.17, 15) is 5.11 Å². The second kappa shape index (κ2) is 4.50. The lowest BCUT2D eigenvalue weighted by atomic mass is 9.66. The van der Waals surface area contributed by atoms with Crippen LogP contribution in [0.5, 0.6) is 5.75 Å². The van der Waals surface area contributed by atoms with Crippen LogP contribution in [0.3, 0.4) is 0 Å². The molecule has 0 unspecified atom stereocenters. The topological polar surface area (TPSA) is 38.7 Å². The molecule has 1 aromatic rings. The summed E-state index contributed by atoms with van der Waals surface area (Å²) in [5.74, 6) is 0.906. The molecule has 0 spiro atoms. The van der Waals surface area contributed by atoms with Crippen molar-refractivity contribution in [2.75, 3.05) is 19.8 Å². The molecule has 3 heteroatoms. The number of aliphatic hydroxyl groups excluding tert-OH is 1. The molecule has 1 heterocycles. The van der Waals surface area contributed by atoms with Crippen molar-refractivity contribution in [2.45, 2.75) is 38.2 Å². The number of aliphatic hydroxyl groups is 1. The van der Waals surface area contributed by atoms with Crippen molar-refractivity contribution in [1.82, 2.24) is 0 Å². The van der Waals surface area contributed by atoms with Gasteiger partial charge in [-0.15, -0.1) is 0 Å². The van der Waals surface area contributed by atoms with Crippen LogP contribution >= 0.6 is 0 Å². The lowest BCUT2D eigenvalue weighted by Gasteiger charge is -2.48. The minimum Gasteiger partial charge on any atom is -0.491 e. The first-order valence-corrected chi connectivity index (χ1v) is 7.08. The lowest BCUT2D eigenvalue weighted by molar-refractivity contribution is -0.110. The second-order valence-corrected chi connectivity index (χ2v) is 6.20. The van der Waals surface area contributed by atoms with Gasteiger partial charge in [-0.2, -0.15) is 0 Å². The Hall–Kier alpha value is -1.06. The molecule has 1 aliphatic carbocycles. The highest BCUT2D eigenvalue weighted by Gasteiger charge is 2.63. The molecule has 1 aromatic carbocycles. The fraction of sp³-hybridized carbons (Fsp3) is 0.625. The number of hydrogen-bond donors (Lipinski definition) is 1. The molecular weight excluding hydrogens is 240 g/mol. The fourth-order valence-corrected chi connectivity index (χ4v) is 3.15. The minimum absolute atomic E-state index is 0.0259. The maximum absolute atomic E-state index is 9.71. The minimum atomic E-state index is 0.0259. The van der Waals surface area contributed by atoms with Gasteiger partial charge in [-0.25, -0.2) is 0 Å². The molecule has 3 nitrogen and oxygen atoms in total. The number of benzene rings is 1. The first-order chi connectivity index (χ1) is 9.12.